The standard InChI is InChI=1S/C24H24BrN3O4/c1-32-24(31)26-22(16-6-3-2-4-7-16)23(30)28-12-5-8-18(28)15-27-13-11-21(29)19-14-17(25)9-10-20(19)27/h2-4,6-7,9-11,13-14,18,22H,5,8,12,15H2,1H3,(H,26,31). The molecule has 1 saturated heterocycles. The van der Waals surface area contributed by atoms with E-state index >= 15 is 0 Å². The van der Waals surface area contributed by atoms with Crippen molar-refractivity contribution in [1.82, 2.24) is 14.8 Å². The van der Waals surface area contributed by atoms with Crippen molar-refractivity contribution in [3.63, 3.8) is 0 Å². The molecular weight excluding hydrogens is 474 g/mol. The lowest BCUT2D eigenvalue weighted by Gasteiger charge is -2.30. The Morgan fingerprint density at radius 3 is 2.72 bits per heavy atom. The zero-order valence-electron chi connectivity index (χ0n) is 17.7. The number of likely N-dealkylation sites (tertiary alicyclic amines) is 1. The first-order chi connectivity index (χ1) is 15.5. The first-order valence-electron chi connectivity index (χ1n) is 10.5. The van der Waals surface area contributed by atoms with E-state index in [2.05, 4.69) is 21.2 Å². The lowest BCUT2D eigenvalue weighted by atomic mass is 10.0. The molecule has 3 aromatic rings. The van der Waals surface area contributed by atoms with Gasteiger partial charge in [-0.25, -0.2) is 4.79 Å². The Balaban J connectivity index is 1.62. The van der Waals surface area contributed by atoms with E-state index in [4.69, 9.17) is 4.74 Å². The Morgan fingerprint density at radius 1 is 1.19 bits per heavy atom. The quantitative estimate of drug-likeness (QED) is 0.580. The van der Waals surface area contributed by atoms with E-state index in [1.54, 1.807) is 12.3 Å². The number of pyridine rings is 1. The summed E-state index contributed by atoms with van der Waals surface area (Å²) in [5.41, 5.74) is 1.49. The first kappa shape index (κ1) is 22.1. The molecule has 1 aliphatic heterocycles. The molecule has 0 bridgehead atoms. The Bertz CT molecular complexity index is 1190. The van der Waals surface area contributed by atoms with Crippen LogP contribution in [0.2, 0.25) is 0 Å². The number of carbonyl (C=O) groups excluding carboxylic acids is 2. The molecule has 2 aromatic carbocycles. The number of benzene rings is 2. The fourth-order valence-corrected chi connectivity index (χ4v) is 4.62. The SMILES string of the molecule is COC(=O)NC(C(=O)N1CCCC1Cn1ccc(=O)c2cc(Br)ccc21)c1ccccc1. The van der Waals surface area contributed by atoms with E-state index in [1.165, 1.54) is 7.11 Å². The Morgan fingerprint density at radius 2 is 1.97 bits per heavy atom. The van der Waals surface area contributed by atoms with Crippen LogP contribution in [0.5, 0.6) is 0 Å². The van der Waals surface area contributed by atoms with Gasteiger partial charge in [-0.3, -0.25) is 9.59 Å². The number of hydrogen-bond acceptors (Lipinski definition) is 4. The van der Waals surface area contributed by atoms with Gasteiger partial charge in [0.25, 0.3) is 0 Å². The van der Waals surface area contributed by atoms with Gasteiger partial charge in [0.05, 0.1) is 12.6 Å². The van der Waals surface area contributed by atoms with Crippen LogP contribution in [-0.4, -0.2) is 41.2 Å². The topological polar surface area (TPSA) is 80.6 Å². The molecule has 1 aliphatic rings. The number of carbonyl (C=O) groups is 2. The normalized spacial score (nSPS) is 16.7. The number of nitrogens with one attached hydrogen (secondary N) is 1. The molecule has 0 aliphatic carbocycles. The van der Waals surface area contributed by atoms with Crippen LogP contribution in [0.4, 0.5) is 4.79 Å². The van der Waals surface area contributed by atoms with E-state index in [0.29, 0.717) is 24.0 Å². The summed E-state index contributed by atoms with van der Waals surface area (Å²) < 4.78 is 7.61. The highest BCUT2D eigenvalue weighted by atomic mass is 79.9. The van der Waals surface area contributed by atoms with Crippen molar-refractivity contribution in [2.75, 3.05) is 13.7 Å². The predicted molar refractivity (Wildman–Crippen MR) is 125 cm³/mol. The highest BCUT2D eigenvalue weighted by molar-refractivity contribution is 9.10. The summed E-state index contributed by atoms with van der Waals surface area (Å²) in [4.78, 5) is 39.7. The molecule has 2 unspecified atom stereocenters. The third-order valence-electron chi connectivity index (χ3n) is 5.83. The molecule has 7 nitrogen and oxygen atoms in total. The van der Waals surface area contributed by atoms with Crippen LogP contribution in [-0.2, 0) is 16.1 Å². The predicted octanol–water partition coefficient (Wildman–Crippen LogP) is 3.85. The van der Waals surface area contributed by atoms with Crippen LogP contribution in [0.3, 0.4) is 0 Å². The molecular formula is C24H24BrN3O4. The fraction of sp³-hybridized carbons (Fsp3) is 0.292. The molecule has 0 radical (unpaired) electrons. The molecule has 0 saturated carbocycles. The van der Waals surface area contributed by atoms with Gasteiger partial charge in [-0.2, -0.15) is 0 Å². The zero-order valence-corrected chi connectivity index (χ0v) is 19.2. The van der Waals surface area contributed by atoms with Crippen LogP contribution in [0.15, 0.2) is 70.1 Å². The minimum absolute atomic E-state index is 0.0386. The number of fused-ring (bicyclic) bond motifs is 1. The molecule has 1 fully saturated rings. The summed E-state index contributed by atoms with van der Waals surface area (Å²) in [6.45, 7) is 1.17. The van der Waals surface area contributed by atoms with E-state index < -0.39 is 12.1 Å². The van der Waals surface area contributed by atoms with Gasteiger partial charge in [0.15, 0.2) is 5.43 Å². The molecule has 1 N–H and O–H groups in total. The molecule has 32 heavy (non-hydrogen) atoms. The Kier molecular flexibility index (Phi) is 6.60. The van der Waals surface area contributed by atoms with E-state index in [1.807, 2.05) is 58.0 Å². The molecule has 4 rings (SSSR count). The number of alkyl carbamates (subject to hydrolysis) is 1. The van der Waals surface area contributed by atoms with Crippen LogP contribution < -0.4 is 10.7 Å². The number of ether oxygens (including phenoxy) is 1. The van der Waals surface area contributed by atoms with Gasteiger partial charge in [-0.1, -0.05) is 46.3 Å². The number of hydrogen-bond donors (Lipinski definition) is 1. The smallest absolute Gasteiger partial charge is 0.407 e. The number of rotatable bonds is 5. The minimum atomic E-state index is -0.828. The molecule has 2 atom stereocenters. The number of methoxy groups -OCH3 is 1. The lowest BCUT2D eigenvalue weighted by Crippen LogP contribution is -2.46. The van der Waals surface area contributed by atoms with Crippen molar-refractivity contribution < 1.29 is 14.3 Å². The fourth-order valence-electron chi connectivity index (χ4n) is 4.26. The summed E-state index contributed by atoms with van der Waals surface area (Å²) in [6, 6.07) is 15.5. The lowest BCUT2D eigenvalue weighted by molar-refractivity contribution is -0.134. The highest BCUT2D eigenvalue weighted by Gasteiger charge is 2.35. The van der Waals surface area contributed by atoms with E-state index in [9.17, 15) is 14.4 Å². The van der Waals surface area contributed by atoms with Crippen LogP contribution in [0, 0.1) is 0 Å². The van der Waals surface area contributed by atoms with Crippen LogP contribution in [0.1, 0.15) is 24.4 Å². The largest absolute Gasteiger partial charge is 0.453 e. The van der Waals surface area contributed by atoms with Gasteiger partial charge in [0, 0.05) is 41.3 Å². The van der Waals surface area contributed by atoms with Crippen molar-refractivity contribution in [3.05, 3.63) is 81.1 Å². The van der Waals surface area contributed by atoms with Crippen LogP contribution in [0.25, 0.3) is 10.9 Å². The van der Waals surface area contributed by atoms with Gasteiger partial charge in [-0.05, 0) is 36.6 Å². The van der Waals surface area contributed by atoms with E-state index in [0.717, 1.165) is 22.8 Å². The first-order valence-corrected chi connectivity index (χ1v) is 11.3. The number of nitrogens with zero attached hydrogens (tertiary/aromatic N) is 2. The maximum Gasteiger partial charge on any atom is 0.407 e. The van der Waals surface area contributed by atoms with Gasteiger partial charge >= 0.3 is 6.09 Å². The van der Waals surface area contributed by atoms with Crippen molar-refractivity contribution in [2.24, 2.45) is 0 Å². The average molecular weight is 498 g/mol. The van der Waals surface area contributed by atoms with Gasteiger partial charge < -0.3 is 19.5 Å². The minimum Gasteiger partial charge on any atom is -0.453 e. The second-order valence-corrected chi connectivity index (χ2v) is 8.72. The number of halogens is 1. The average Bonchev–Trinajstić information content (AvgIpc) is 3.27. The van der Waals surface area contributed by atoms with Gasteiger partial charge in [-0.15, -0.1) is 0 Å². The van der Waals surface area contributed by atoms with Crippen molar-refractivity contribution in [2.45, 2.75) is 31.5 Å². The number of amides is 2. The Hall–Kier alpha value is -3.13. The van der Waals surface area contributed by atoms with Crippen molar-refractivity contribution in [3.8, 4) is 0 Å². The Labute approximate surface area is 194 Å². The van der Waals surface area contributed by atoms with Crippen molar-refractivity contribution in [1.29, 1.82) is 0 Å². The molecule has 166 valence electrons. The summed E-state index contributed by atoms with van der Waals surface area (Å²) >= 11 is 3.43. The maximum absolute atomic E-state index is 13.6. The third kappa shape index (κ3) is 4.55. The molecule has 2 amide bonds. The second-order valence-electron chi connectivity index (χ2n) is 7.80. The summed E-state index contributed by atoms with van der Waals surface area (Å²) in [5, 5.41) is 3.31. The zero-order chi connectivity index (χ0) is 22.7. The molecule has 2 heterocycles. The monoisotopic (exact) mass is 497 g/mol. The summed E-state index contributed by atoms with van der Waals surface area (Å²) in [5.74, 6) is -0.169. The molecule has 1 aromatic heterocycles. The van der Waals surface area contributed by atoms with Crippen LogP contribution >= 0.6 is 15.9 Å². The summed E-state index contributed by atoms with van der Waals surface area (Å²) in [7, 11) is 1.28. The highest BCUT2D eigenvalue weighted by Crippen LogP contribution is 2.26. The van der Waals surface area contributed by atoms with Crippen molar-refractivity contribution >= 4 is 38.8 Å². The van der Waals surface area contributed by atoms with E-state index in [-0.39, 0.29) is 17.4 Å². The van der Waals surface area contributed by atoms with Gasteiger partial charge in [0.2, 0.25) is 5.91 Å². The summed E-state index contributed by atoms with van der Waals surface area (Å²) in [6.07, 6.45) is 2.84. The molecule has 8 heteroatoms. The van der Waals surface area contributed by atoms with Gasteiger partial charge in [0.1, 0.15) is 6.04 Å². The number of aromatic nitrogens is 1. The third-order valence-corrected chi connectivity index (χ3v) is 6.33. The second kappa shape index (κ2) is 9.56. The molecule has 0 spiro atoms. The maximum atomic E-state index is 13.6.